The summed E-state index contributed by atoms with van der Waals surface area (Å²) in [4.78, 5) is 0. The molecule has 2 unspecified atom stereocenters. The Morgan fingerprint density at radius 3 is 2.74 bits per heavy atom. The molecule has 1 N–H and O–H groups in total. The third-order valence-corrected chi connectivity index (χ3v) is 4.09. The van der Waals surface area contributed by atoms with E-state index in [0.717, 1.165) is 23.1 Å². The lowest BCUT2D eigenvalue weighted by atomic mass is 10.3. The minimum absolute atomic E-state index is 0.618. The lowest BCUT2D eigenvalue weighted by molar-refractivity contribution is 0.468. The third-order valence-electron chi connectivity index (χ3n) is 3.54. The third kappa shape index (κ3) is 2.90. The lowest BCUT2D eigenvalue weighted by Crippen LogP contribution is -1.98. The van der Waals surface area contributed by atoms with Gasteiger partial charge in [-0.1, -0.05) is 30.1 Å². The molecular formula is C15H15Cl2NO. The van der Waals surface area contributed by atoms with E-state index < -0.39 is 0 Å². The van der Waals surface area contributed by atoms with Crippen molar-refractivity contribution in [3.8, 4) is 0 Å². The Labute approximate surface area is 122 Å². The van der Waals surface area contributed by atoms with Crippen molar-refractivity contribution in [2.75, 3.05) is 5.32 Å². The molecule has 2 nitrogen and oxygen atoms in total. The average molecular weight is 296 g/mol. The maximum Gasteiger partial charge on any atom is 0.123 e. The molecule has 1 aliphatic rings. The van der Waals surface area contributed by atoms with Crippen LogP contribution in [0, 0.1) is 5.92 Å². The summed E-state index contributed by atoms with van der Waals surface area (Å²) >= 11 is 12.0. The summed E-state index contributed by atoms with van der Waals surface area (Å²) in [7, 11) is 0. The van der Waals surface area contributed by atoms with Gasteiger partial charge in [-0.2, -0.15) is 0 Å². The Bertz CT molecular complexity index is 594. The molecule has 1 aromatic heterocycles. The Hall–Kier alpha value is -1.12. The molecule has 1 saturated carbocycles. The van der Waals surface area contributed by atoms with Crippen molar-refractivity contribution in [3.05, 3.63) is 51.9 Å². The van der Waals surface area contributed by atoms with Crippen molar-refractivity contribution in [1.82, 2.24) is 0 Å². The van der Waals surface area contributed by atoms with E-state index >= 15 is 0 Å². The van der Waals surface area contributed by atoms with Crippen molar-refractivity contribution in [3.63, 3.8) is 0 Å². The average Bonchev–Trinajstić information content (AvgIpc) is 2.91. The van der Waals surface area contributed by atoms with Gasteiger partial charge < -0.3 is 9.73 Å². The second-order valence-corrected chi connectivity index (χ2v) is 5.94. The van der Waals surface area contributed by atoms with Crippen LogP contribution in [0.15, 0.2) is 34.7 Å². The highest BCUT2D eigenvalue weighted by atomic mass is 35.5. The number of hydrogen-bond acceptors (Lipinski definition) is 2. The van der Waals surface area contributed by atoms with E-state index in [-0.39, 0.29) is 0 Å². The van der Waals surface area contributed by atoms with E-state index in [0.29, 0.717) is 22.5 Å². The zero-order valence-corrected chi connectivity index (χ0v) is 12.1. The van der Waals surface area contributed by atoms with E-state index in [1.807, 2.05) is 18.2 Å². The zero-order valence-electron chi connectivity index (χ0n) is 10.6. The summed E-state index contributed by atoms with van der Waals surface area (Å²) in [6.45, 7) is 2.88. The van der Waals surface area contributed by atoms with E-state index in [9.17, 15) is 0 Å². The highest BCUT2D eigenvalue weighted by molar-refractivity contribution is 6.36. The molecule has 1 aliphatic carbocycles. The monoisotopic (exact) mass is 295 g/mol. The molecule has 0 saturated heterocycles. The fourth-order valence-electron chi connectivity index (χ4n) is 2.22. The van der Waals surface area contributed by atoms with Gasteiger partial charge in [-0.15, -0.1) is 0 Å². The fraction of sp³-hybridized carbons (Fsp3) is 0.333. The van der Waals surface area contributed by atoms with E-state index in [2.05, 4.69) is 18.3 Å². The van der Waals surface area contributed by atoms with Crippen LogP contribution >= 0.6 is 23.2 Å². The molecule has 3 rings (SSSR count). The van der Waals surface area contributed by atoms with Crippen molar-refractivity contribution >= 4 is 28.9 Å². The number of anilines is 1. The molecule has 0 spiro atoms. The predicted octanol–water partition coefficient (Wildman–Crippen LogP) is 5.32. The first-order valence-electron chi connectivity index (χ1n) is 6.41. The van der Waals surface area contributed by atoms with Gasteiger partial charge in [-0.25, -0.2) is 0 Å². The molecule has 2 atom stereocenters. The van der Waals surface area contributed by atoms with Crippen LogP contribution in [-0.4, -0.2) is 0 Å². The van der Waals surface area contributed by atoms with Crippen LogP contribution in [0.2, 0.25) is 10.0 Å². The van der Waals surface area contributed by atoms with Crippen LogP contribution in [0.25, 0.3) is 0 Å². The number of benzene rings is 1. The number of halogens is 2. The first kappa shape index (κ1) is 12.9. The normalized spacial score (nSPS) is 21.4. The molecule has 0 radical (unpaired) electrons. The number of furan rings is 1. The quantitative estimate of drug-likeness (QED) is 0.825. The van der Waals surface area contributed by atoms with E-state index in [1.165, 1.54) is 6.42 Å². The standard InChI is InChI=1S/C15H15Cl2NO/c1-9-6-12(9)15-5-3-11(19-15)8-18-14-4-2-10(16)7-13(14)17/h2-5,7,9,12,18H,6,8H2,1H3. The molecule has 19 heavy (non-hydrogen) atoms. The van der Waals surface area contributed by atoms with Crippen LogP contribution in [-0.2, 0) is 6.54 Å². The van der Waals surface area contributed by atoms with Gasteiger partial charge >= 0.3 is 0 Å². The van der Waals surface area contributed by atoms with Crippen molar-refractivity contribution < 1.29 is 4.42 Å². The Balaban J connectivity index is 1.64. The summed E-state index contributed by atoms with van der Waals surface area (Å²) in [5.41, 5.74) is 0.865. The molecule has 100 valence electrons. The number of nitrogens with one attached hydrogen (secondary N) is 1. The topological polar surface area (TPSA) is 25.2 Å². The van der Waals surface area contributed by atoms with E-state index in [1.54, 1.807) is 6.07 Å². The van der Waals surface area contributed by atoms with Gasteiger partial charge in [0.05, 0.1) is 17.3 Å². The van der Waals surface area contributed by atoms with Gasteiger partial charge in [-0.05, 0) is 42.7 Å². The van der Waals surface area contributed by atoms with Crippen molar-refractivity contribution in [2.45, 2.75) is 25.8 Å². The molecular weight excluding hydrogens is 281 g/mol. The van der Waals surface area contributed by atoms with Crippen molar-refractivity contribution in [2.24, 2.45) is 5.92 Å². The van der Waals surface area contributed by atoms with Gasteiger partial charge in [0.2, 0.25) is 0 Å². The summed E-state index contributed by atoms with van der Waals surface area (Å²) in [5, 5.41) is 4.51. The largest absolute Gasteiger partial charge is 0.464 e. The first-order valence-corrected chi connectivity index (χ1v) is 7.16. The zero-order chi connectivity index (χ0) is 13.4. The molecule has 1 fully saturated rings. The van der Waals surface area contributed by atoms with Gasteiger partial charge in [0.25, 0.3) is 0 Å². The van der Waals surface area contributed by atoms with Gasteiger partial charge in [0.15, 0.2) is 0 Å². The second kappa shape index (κ2) is 5.10. The van der Waals surface area contributed by atoms with Gasteiger partial charge in [0, 0.05) is 10.9 Å². The highest BCUT2D eigenvalue weighted by Gasteiger charge is 2.36. The maximum atomic E-state index is 6.10. The molecule has 1 heterocycles. The minimum atomic E-state index is 0.618. The molecule has 4 heteroatoms. The number of hydrogen-bond donors (Lipinski definition) is 1. The smallest absolute Gasteiger partial charge is 0.123 e. The minimum Gasteiger partial charge on any atom is -0.464 e. The summed E-state index contributed by atoms with van der Waals surface area (Å²) in [6, 6.07) is 9.52. The van der Waals surface area contributed by atoms with Crippen LogP contribution in [0.5, 0.6) is 0 Å². The van der Waals surface area contributed by atoms with E-state index in [4.69, 9.17) is 27.6 Å². The van der Waals surface area contributed by atoms with Crippen LogP contribution in [0.3, 0.4) is 0 Å². The van der Waals surface area contributed by atoms with Gasteiger partial charge in [-0.3, -0.25) is 0 Å². The van der Waals surface area contributed by atoms with Crippen LogP contribution in [0.4, 0.5) is 5.69 Å². The summed E-state index contributed by atoms with van der Waals surface area (Å²) in [6.07, 6.45) is 1.24. The second-order valence-electron chi connectivity index (χ2n) is 5.10. The first-order chi connectivity index (χ1) is 9.13. The number of rotatable bonds is 4. The highest BCUT2D eigenvalue weighted by Crippen LogP contribution is 2.47. The fourth-order valence-corrected chi connectivity index (χ4v) is 2.70. The lowest BCUT2D eigenvalue weighted by Gasteiger charge is -2.06. The Kier molecular flexibility index (Phi) is 3.46. The molecule has 0 amide bonds. The predicted molar refractivity (Wildman–Crippen MR) is 79.0 cm³/mol. The Morgan fingerprint density at radius 2 is 2.05 bits per heavy atom. The van der Waals surface area contributed by atoms with Crippen LogP contribution < -0.4 is 5.32 Å². The Morgan fingerprint density at radius 1 is 1.26 bits per heavy atom. The molecule has 2 aromatic rings. The van der Waals surface area contributed by atoms with Gasteiger partial charge in [0.1, 0.15) is 11.5 Å². The molecule has 0 aliphatic heterocycles. The molecule has 1 aromatic carbocycles. The maximum absolute atomic E-state index is 6.10. The molecule has 0 bridgehead atoms. The SMILES string of the molecule is CC1CC1c1ccc(CNc2ccc(Cl)cc2Cl)o1. The summed E-state index contributed by atoms with van der Waals surface area (Å²) < 4.78 is 5.83. The van der Waals surface area contributed by atoms with Crippen molar-refractivity contribution in [1.29, 1.82) is 0 Å². The van der Waals surface area contributed by atoms with Crippen LogP contribution in [0.1, 0.15) is 30.8 Å². The summed E-state index contributed by atoms with van der Waals surface area (Å²) in [5.74, 6) is 3.41.